The quantitative estimate of drug-likeness (QED) is 0.855. The normalized spacial score (nSPS) is 11.6. The molecule has 0 heterocycles. The average Bonchev–Trinajstić information content (AvgIpc) is 2.18. The Labute approximate surface area is 96.6 Å². The summed E-state index contributed by atoms with van der Waals surface area (Å²) in [6.07, 6.45) is 1.34. The smallest absolute Gasteiger partial charge is 0.130 e. The van der Waals surface area contributed by atoms with E-state index >= 15 is 0 Å². The van der Waals surface area contributed by atoms with E-state index < -0.39 is 0 Å². The fraction of sp³-hybridized carbons (Fsp3) is 0.538. The molecular weight excluding hydrogens is 205 g/mol. The summed E-state index contributed by atoms with van der Waals surface area (Å²) in [5.41, 5.74) is 7.32. The average molecular weight is 225 g/mol. The van der Waals surface area contributed by atoms with Gasteiger partial charge in [0.2, 0.25) is 0 Å². The lowest BCUT2D eigenvalue weighted by Crippen LogP contribution is -2.34. The van der Waals surface area contributed by atoms with E-state index in [-0.39, 0.29) is 11.4 Å². The highest BCUT2D eigenvalue weighted by molar-refractivity contribution is 5.39. The van der Waals surface area contributed by atoms with E-state index in [4.69, 9.17) is 10.5 Å². The zero-order valence-electron chi connectivity index (χ0n) is 10.4. The number of benzene rings is 1. The zero-order valence-corrected chi connectivity index (χ0v) is 10.4. The van der Waals surface area contributed by atoms with E-state index in [1.807, 2.05) is 26.8 Å². The highest BCUT2D eigenvalue weighted by Crippen LogP contribution is 2.26. The van der Waals surface area contributed by atoms with Gasteiger partial charge in [-0.3, -0.25) is 0 Å². The number of aryl methyl sites for hydroxylation is 1. The van der Waals surface area contributed by atoms with Gasteiger partial charge >= 0.3 is 0 Å². The summed E-state index contributed by atoms with van der Waals surface area (Å²) in [5, 5.41) is 0. The standard InChI is InChI=1S/C13H20FNO/c1-5-9-6-10(8-13(2,3)15)12(16-4)7-11(9)14/h6-7H,5,8,15H2,1-4H3. The van der Waals surface area contributed by atoms with E-state index in [0.29, 0.717) is 24.2 Å². The van der Waals surface area contributed by atoms with Crippen LogP contribution < -0.4 is 10.5 Å². The van der Waals surface area contributed by atoms with E-state index in [2.05, 4.69) is 0 Å². The summed E-state index contributed by atoms with van der Waals surface area (Å²) in [5.74, 6) is 0.367. The molecule has 0 saturated carbocycles. The topological polar surface area (TPSA) is 35.2 Å². The van der Waals surface area contributed by atoms with Gasteiger partial charge in [0.1, 0.15) is 11.6 Å². The molecule has 1 aromatic rings. The number of methoxy groups -OCH3 is 1. The summed E-state index contributed by atoms with van der Waals surface area (Å²) in [7, 11) is 1.55. The second-order valence-electron chi connectivity index (χ2n) is 4.77. The van der Waals surface area contributed by atoms with Crippen molar-refractivity contribution in [3.8, 4) is 5.75 Å². The zero-order chi connectivity index (χ0) is 12.3. The second kappa shape index (κ2) is 4.83. The first-order valence-electron chi connectivity index (χ1n) is 5.51. The Balaban J connectivity index is 3.15. The Bertz CT molecular complexity index is 369. The third kappa shape index (κ3) is 3.20. The Morgan fingerprint density at radius 1 is 1.31 bits per heavy atom. The van der Waals surface area contributed by atoms with E-state index in [1.54, 1.807) is 7.11 Å². The lowest BCUT2D eigenvalue weighted by atomic mass is 9.94. The molecule has 0 aliphatic heterocycles. The van der Waals surface area contributed by atoms with E-state index in [0.717, 1.165) is 5.56 Å². The number of nitrogens with two attached hydrogens (primary N) is 1. The van der Waals surface area contributed by atoms with Crippen molar-refractivity contribution in [2.45, 2.75) is 39.2 Å². The number of ether oxygens (including phenoxy) is 1. The van der Waals surface area contributed by atoms with Gasteiger partial charge < -0.3 is 10.5 Å². The molecule has 0 radical (unpaired) electrons. The Morgan fingerprint density at radius 2 is 1.94 bits per heavy atom. The summed E-state index contributed by atoms with van der Waals surface area (Å²) in [4.78, 5) is 0. The highest BCUT2D eigenvalue weighted by Gasteiger charge is 2.17. The first kappa shape index (κ1) is 13.0. The molecule has 0 bridgehead atoms. The predicted molar refractivity (Wildman–Crippen MR) is 64.3 cm³/mol. The Hall–Kier alpha value is -1.09. The van der Waals surface area contributed by atoms with Crippen molar-refractivity contribution in [1.82, 2.24) is 0 Å². The summed E-state index contributed by atoms with van der Waals surface area (Å²) < 4.78 is 18.7. The van der Waals surface area contributed by atoms with Crippen molar-refractivity contribution in [2.75, 3.05) is 7.11 Å². The minimum atomic E-state index is -0.323. The maximum atomic E-state index is 13.5. The number of hydrogen-bond donors (Lipinski definition) is 1. The minimum Gasteiger partial charge on any atom is -0.496 e. The largest absolute Gasteiger partial charge is 0.496 e. The molecule has 2 nitrogen and oxygen atoms in total. The molecule has 0 saturated heterocycles. The van der Waals surface area contributed by atoms with Gasteiger partial charge in [0.25, 0.3) is 0 Å². The van der Waals surface area contributed by atoms with Crippen molar-refractivity contribution < 1.29 is 9.13 Å². The van der Waals surface area contributed by atoms with Crippen LogP contribution in [0.2, 0.25) is 0 Å². The third-order valence-corrected chi connectivity index (χ3v) is 2.48. The highest BCUT2D eigenvalue weighted by atomic mass is 19.1. The molecule has 0 atom stereocenters. The van der Waals surface area contributed by atoms with E-state index in [9.17, 15) is 4.39 Å². The van der Waals surface area contributed by atoms with Crippen LogP contribution in [0.15, 0.2) is 12.1 Å². The third-order valence-electron chi connectivity index (χ3n) is 2.48. The molecule has 0 fully saturated rings. The molecule has 16 heavy (non-hydrogen) atoms. The molecule has 1 rings (SSSR count). The van der Waals surface area contributed by atoms with Gasteiger partial charge in [-0.05, 0) is 43.9 Å². The monoisotopic (exact) mass is 225 g/mol. The molecule has 0 spiro atoms. The number of hydrogen-bond acceptors (Lipinski definition) is 2. The molecule has 90 valence electrons. The van der Waals surface area contributed by atoms with Crippen LogP contribution in [0.3, 0.4) is 0 Å². The molecular formula is C13H20FNO. The SMILES string of the molecule is CCc1cc(CC(C)(C)N)c(OC)cc1F. The van der Waals surface area contributed by atoms with Crippen LogP contribution in [0.1, 0.15) is 31.9 Å². The molecule has 1 aromatic carbocycles. The lowest BCUT2D eigenvalue weighted by molar-refractivity contribution is 0.398. The van der Waals surface area contributed by atoms with Gasteiger partial charge in [-0.15, -0.1) is 0 Å². The van der Waals surface area contributed by atoms with Crippen LogP contribution in [-0.4, -0.2) is 12.6 Å². The number of rotatable bonds is 4. The lowest BCUT2D eigenvalue weighted by Gasteiger charge is -2.21. The minimum absolute atomic E-state index is 0.210. The summed E-state index contributed by atoms with van der Waals surface area (Å²) in [6, 6.07) is 3.29. The fourth-order valence-electron chi connectivity index (χ4n) is 1.74. The molecule has 2 N–H and O–H groups in total. The second-order valence-corrected chi connectivity index (χ2v) is 4.77. The summed E-state index contributed by atoms with van der Waals surface area (Å²) in [6.45, 7) is 5.82. The van der Waals surface area contributed by atoms with Crippen molar-refractivity contribution in [2.24, 2.45) is 5.73 Å². The first-order valence-corrected chi connectivity index (χ1v) is 5.51. The molecule has 0 unspecified atom stereocenters. The van der Waals surface area contributed by atoms with Gasteiger partial charge in [0.15, 0.2) is 0 Å². The Kier molecular flexibility index (Phi) is 3.92. The van der Waals surface area contributed by atoms with Crippen molar-refractivity contribution in [3.63, 3.8) is 0 Å². The van der Waals surface area contributed by atoms with Gasteiger partial charge in [-0.1, -0.05) is 6.92 Å². The van der Waals surface area contributed by atoms with Crippen molar-refractivity contribution in [1.29, 1.82) is 0 Å². The van der Waals surface area contributed by atoms with Crippen LogP contribution in [0.25, 0.3) is 0 Å². The van der Waals surface area contributed by atoms with E-state index in [1.165, 1.54) is 6.07 Å². The van der Waals surface area contributed by atoms with Crippen LogP contribution in [0.4, 0.5) is 4.39 Å². The molecule has 0 aromatic heterocycles. The molecule has 3 heteroatoms. The predicted octanol–water partition coefficient (Wildman–Crippen LogP) is 2.68. The summed E-state index contributed by atoms with van der Waals surface area (Å²) >= 11 is 0. The van der Waals surface area contributed by atoms with Crippen LogP contribution >= 0.6 is 0 Å². The maximum Gasteiger partial charge on any atom is 0.130 e. The van der Waals surface area contributed by atoms with Gasteiger partial charge in [0, 0.05) is 11.6 Å². The molecule has 0 aliphatic carbocycles. The van der Waals surface area contributed by atoms with Crippen LogP contribution in [-0.2, 0) is 12.8 Å². The maximum absolute atomic E-state index is 13.5. The van der Waals surface area contributed by atoms with Gasteiger partial charge in [-0.2, -0.15) is 0 Å². The fourth-order valence-corrected chi connectivity index (χ4v) is 1.74. The Morgan fingerprint density at radius 3 is 2.38 bits per heavy atom. The van der Waals surface area contributed by atoms with Crippen molar-refractivity contribution >= 4 is 0 Å². The van der Waals surface area contributed by atoms with Crippen molar-refractivity contribution in [3.05, 3.63) is 29.1 Å². The van der Waals surface area contributed by atoms with Crippen LogP contribution in [0.5, 0.6) is 5.75 Å². The molecule has 0 aliphatic rings. The van der Waals surface area contributed by atoms with Gasteiger partial charge in [-0.25, -0.2) is 4.39 Å². The number of halogens is 1. The first-order chi connectivity index (χ1) is 7.37. The van der Waals surface area contributed by atoms with Gasteiger partial charge in [0.05, 0.1) is 7.11 Å². The molecule has 0 amide bonds. The van der Waals surface area contributed by atoms with Crippen LogP contribution in [0, 0.1) is 5.82 Å².